The molecule has 1 unspecified atom stereocenters. The first-order chi connectivity index (χ1) is 4.84. The van der Waals surface area contributed by atoms with E-state index >= 15 is 0 Å². The topological polar surface area (TPSA) is 34.9 Å². The molecule has 1 atom stereocenters. The second-order valence-corrected chi connectivity index (χ2v) is 2.24. The Bertz CT molecular complexity index is 193. The third-order valence-electron chi connectivity index (χ3n) is 1.41. The lowest BCUT2D eigenvalue weighted by Gasteiger charge is -2.06. The van der Waals surface area contributed by atoms with Gasteiger partial charge in [-0.15, -0.1) is 0 Å². The van der Waals surface area contributed by atoms with Crippen molar-refractivity contribution in [1.29, 1.82) is 0 Å². The molecule has 1 aromatic rings. The largest absolute Gasteiger partial charge is 0.303 e. The van der Waals surface area contributed by atoms with Gasteiger partial charge >= 0.3 is 0 Å². The van der Waals surface area contributed by atoms with E-state index < -0.39 is 0 Å². The summed E-state index contributed by atoms with van der Waals surface area (Å²) in [6.07, 6.45) is 5.00. The van der Waals surface area contributed by atoms with Crippen molar-refractivity contribution in [2.45, 2.75) is 19.4 Å². The monoisotopic (exact) mass is 138 g/mol. The summed E-state index contributed by atoms with van der Waals surface area (Å²) in [5.74, 6) is 0. The molecule has 0 spiro atoms. The van der Waals surface area contributed by atoms with Gasteiger partial charge in [-0.3, -0.25) is 4.68 Å². The molecule has 0 aliphatic rings. The van der Waals surface area contributed by atoms with Gasteiger partial charge in [0.15, 0.2) is 0 Å². The molecule has 1 rings (SSSR count). The summed E-state index contributed by atoms with van der Waals surface area (Å²) >= 11 is 0. The highest BCUT2D eigenvalue weighted by Gasteiger charge is 2.00. The van der Waals surface area contributed by atoms with Gasteiger partial charge in [0, 0.05) is 18.8 Å². The molecule has 1 heterocycles. The van der Waals surface area contributed by atoms with Crippen molar-refractivity contribution in [3.05, 3.63) is 18.5 Å². The fourth-order valence-electron chi connectivity index (χ4n) is 0.789. The van der Waals surface area contributed by atoms with Crippen molar-refractivity contribution < 1.29 is 4.79 Å². The predicted molar refractivity (Wildman–Crippen MR) is 37.6 cm³/mol. The van der Waals surface area contributed by atoms with Gasteiger partial charge in [-0.25, -0.2) is 0 Å². The predicted octanol–water partition coefficient (Wildman–Crippen LogP) is 1.03. The number of aldehydes is 1. The van der Waals surface area contributed by atoms with Crippen LogP contribution in [0.25, 0.3) is 0 Å². The minimum atomic E-state index is 0.187. The van der Waals surface area contributed by atoms with Gasteiger partial charge in [0.2, 0.25) is 0 Å². The van der Waals surface area contributed by atoms with Gasteiger partial charge < -0.3 is 4.79 Å². The zero-order valence-electron chi connectivity index (χ0n) is 5.90. The minimum absolute atomic E-state index is 0.187. The first-order valence-electron chi connectivity index (χ1n) is 3.27. The SMILES string of the molecule is CC(CC=O)n1cccn1. The van der Waals surface area contributed by atoms with E-state index in [0.717, 1.165) is 6.29 Å². The quantitative estimate of drug-likeness (QED) is 0.585. The van der Waals surface area contributed by atoms with Crippen LogP contribution >= 0.6 is 0 Å². The van der Waals surface area contributed by atoms with Gasteiger partial charge in [0.25, 0.3) is 0 Å². The van der Waals surface area contributed by atoms with Crippen molar-refractivity contribution in [1.82, 2.24) is 9.78 Å². The third-order valence-corrected chi connectivity index (χ3v) is 1.41. The van der Waals surface area contributed by atoms with Crippen LogP contribution in [0.15, 0.2) is 18.5 Å². The zero-order valence-corrected chi connectivity index (χ0v) is 5.90. The smallest absolute Gasteiger partial charge is 0.122 e. The van der Waals surface area contributed by atoms with Crippen LogP contribution in [0.3, 0.4) is 0 Å². The van der Waals surface area contributed by atoms with Crippen LogP contribution < -0.4 is 0 Å². The van der Waals surface area contributed by atoms with E-state index in [1.807, 2.05) is 19.2 Å². The molecule has 0 saturated heterocycles. The Morgan fingerprint density at radius 1 is 1.80 bits per heavy atom. The number of carbonyl (C=O) groups is 1. The number of hydrogen-bond acceptors (Lipinski definition) is 2. The molecule has 0 aromatic carbocycles. The third kappa shape index (κ3) is 1.43. The maximum atomic E-state index is 10.1. The second kappa shape index (κ2) is 3.15. The first-order valence-corrected chi connectivity index (χ1v) is 3.27. The van der Waals surface area contributed by atoms with Crippen LogP contribution in [0.1, 0.15) is 19.4 Å². The van der Waals surface area contributed by atoms with Crippen LogP contribution in [0.5, 0.6) is 0 Å². The molecule has 3 nitrogen and oxygen atoms in total. The van der Waals surface area contributed by atoms with E-state index in [1.165, 1.54) is 0 Å². The summed E-state index contributed by atoms with van der Waals surface area (Å²) in [5, 5.41) is 3.99. The van der Waals surface area contributed by atoms with E-state index in [-0.39, 0.29) is 6.04 Å². The second-order valence-electron chi connectivity index (χ2n) is 2.24. The maximum Gasteiger partial charge on any atom is 0.122 e. The summed E-state index contributed by atoms with van der Waals surface area (Å²) in [5.41, 5.74) is 0. The molecule has 0 saturated carbocycles. The highest BCUT2D eigenvalue weighted by atomic mass is 16.1. The minimum Gasteiger partial charge on any atom is -0.303 e. The summed E-state index contributed by atoms with van der Waals surface area (Å²) in [6.45, 7) is 1.96. The molecule has 10 heavy (non-hydrogen) atoms. The standard InChI is InChI=1S/C7H10N2O/c1-7(3-6-10)9-5-2-4-8-9/h2,4-7H,3H2,1H3. The molecule has 0 aliphatic heterocycles. The number of aromatic nitrogens is 2. The van der Waals surface area contributed by atoms with Gasteiger partial charge in [-0.1, -0.05) is 0 Å². The Labute approximate surface area is 59.7 Å². The molecule has 0 N–H and O–H groups in total. The lowest BCUT2D eigenvalue weighted by Crippen LogP contribution is -2.05. The van der Waals surface area contributed by atoms with E-state index in [0.29, 0.717) is 6.42 Å². The van der Waals surface area contributed by atoms with Crippen molar-refractivity contribution in [3.8, 4) is 0 Å². The maximum absolute atomic E-state index is 10.1. The molecule has 0 amide bonds. The van der Waals surface area contributed by atoms with E-state index in [2.05, 4.69) is 5.10 Å². The van der Waals surface area contributed by atoms with Gasteiger partial charge in [-0.05, 0) is 13.0 Å². The first kappa shape index (κ1) is 6.99. The molecule has 54 valence electrons. The molecular weight excluding hydrogens is 128 g/mol. The lowest BCUT2D eigenvalue weighted by molar-refractivity contribution is -0.108. The fraction of sp³-hybridized carbons (Fsp3) is 0.429. The Hall–Kier alpha value is -1.12. The number of hydrogen-bond donors (Lipinski definition) is 0. The number of carbonyl (C=O) groups excluding carboxylic acids is 1. The van der Waals surface area contributed by atoms with Crippen molar-refractivity contribution in [3.63, 3.8) is 0 Å². The number of nitrogens with zero attached hydrogens (tertiary/aromatic N) is 2. The molecule has 0 aliphatic carbocycles. The zero-order chi connectivity index (χ0) is 7.40. The Morgan fingerprint density at radius 3 is 3.10 bits per heavy atom. The average molecular weight is 138 g/mol. The van der Waals surface area contributed by atoms with Crippen LogP contribution in [0.2, 0.25) is 0 Å². The molecular formula is C7H10N2O. The Kier molecular flexibility index (Phi) is 2.20. The summed E-state index contributed by atoms with van der Waals surface area (Å²) in [4.78, 5) is 10.1. The Balaban J connectivity index is 2.58. The van der Waals surface area contributed by atoms with E-state index in [1.54, 1.807) is 10.9 Å². The Morgan fingerprint density at radius 2 is 2.60 bits per heavy atom. The van der Waals surface area contributed by atoms with Crippen molar-refractivity contribution >= 4 is 6.29 Å². The van der Waals surface area contributed by atoms with E-state index in [9.17, 15) is 4.79 Å². The van der Waals surface area contributed by atoms with Gasteiger partial charge in [0.1, 0.15) is 6.29 Å². The van der Waals surface area contributed by atoms with Crippen LogP contribution in [0.4, 0.5) is 0 Å². The molecule has 0 bridgehead atoms. The molecule has 3 heteroatoms. The summed E-state index contributed by atoms with van der Waals surface area (Å²) in [7, 11) is 0. The fourth-order valence-corrected chi connectivity index (χ4v) is 0.789. The van der Waals surface area contributed by atoms with Crippen LogP contribution in [-0.2, 0) is 4.79 Å². The highest BCUT2D eigenvalue weighted by molar-refractivity contribution is 5.49. The van der Waals surface area contributed by atoms with Crippen LogP contribution in [0, 0.1) is 0 Å². The van der Waals surface area contributed by atoms with Gasteiger partial charge in [0.05, 0.1) is 6.04 Å². The normalized spacial score (nSPS) is 12.9. The van der Waals surface area contributed by atoms with Crippen molar-refractivity contribution in [2.75, 3.05) is 0 Å². The molecule has 0 radical (unpaired) electrons. The molecule has 0 fully saturated rings. The van der Waals surface area contributed by atoms with Gasteiger partial charge in [-0.2, -0.15) is 5.10 Å². The molecule has 1 aromatic heterocycles. The van der Waals surface area contributed by atoms with Crippen molar-refractivity contribution in [2.24, 2.45) is 0 Å². The average Bonchev–Trinajstić information content (AvgIpc) is 2.38. The van der Waals surface area contributed by atoms with Crippen LogP contribution in [-0.4, -0.2) is 16.1 Å². The lowest BCUT2D eigenvalue weighted by atomic mass is 10.3. The number of rotatable bonds is 3. The summed E-state index contributed by atoms with van der Waals surface area (Å²) in [6, 6.07) is 2.04. The van der Waals surface area contributed by atoms with E-state index in [4.69, 9.17) is 0 Å². The highest BCUT2D eigenvalue weighted by Crippen LogP contribution is 2.04. The summed E-state index contributed by atoms with van der Waals surface area (Å²) < 4.78 is 1.77.